The van der Waals surface area contributed by atoms with Crippen LogP contribution in [0.2, 0.25) is 0 Å². The van der Waals surface area contributed by atoms with Gasteiger partial charge in [0.1, 0.15) is 11.6 Å². The number of amides is 1. The molecule has 29 heavy (non-hydrogen) atoms. The van der Waals surface area contributed by atoms with Gasteiger partial charge in [0.2, 0.25) is 0 Å². The summed E-state index contributed by atoms with van der Waals surface area (Å²) in [6, 6.07) is 9.14. The average Bonchev–Trinajstić information content (AvgIpc) is 3.06. The van der Waals surface area contributed by atoms with E-state index < -0.39 is 5.82 Å². The molecule has 1 aromatic heterocycles. The molecule has 0 aliphatic carbocycles. The summed E-state index contributed by atoms with van der Waals surface area (Å²) in [4.78, 5) is 16.8. The van der Waals surface area contributed by atoms with Crippen molar-refractivity contribution in [3.8, 4) is 5.75 Å². The van der Waals surface area contributed by atoms with E-state index in [0.717, 1.165) is 5.56 Å². The van der Waals surface area contributed by atoms with Gasteiger partial charge in [-0.1, -0.05) is 12.1 Å². The molecule has 0 unspecified atom stereocenters. The molecule has 2 aromatic carbocycles. The molecule has 2 heterocycles. The first-order valence-electron chi connectivity index (χ1n) is 9.49. The molecule has 1 amide bonds. The van der Waals surface area contributed by atoms with E-state index in [9.17, 15) is 13.6 Å². The monoisotopic (exact) mass is 400 g/mol. The lowest BCUT2D eigenvalue weighted by atomic mass is 10.1. The smallest absolute Gasteiger partial charge is 0.289 e. The summed E-state index contributed by atoms with van der Waals surface area (Å²) in [5.41, 5.74) is 1.54. The van der Waals surface area contributed by atoms with Gasteiger partial charge in [-0.25, -0.2) is 8.78 Å². The van der Waals surface area contributed by atoms with Crippen LogP contribution in [0, 0.1) is 18.6 Å². The van der Waals surface area contributed by atoms with E-state index in [1.165, 1.54) is 18.2 Å². The molecule has 152 valence electrons. The van der Waals surface area contributed by atoms with Crippen LogP contribution >= 0.6 is 0 Å². The van der Waals surface area contributed by atoms with E-state index in [2.05, 4.69) is 4.90 Å². The Morgan fingerprint density at radius 1 is 1.14 bits per heavy atom. The van der Waals surface area contributed by atoms with Gasteiger partial charge in [-0.2, -0.15) is 0 Å². The fraction of sp³-hybridized carbons (Fsp3) is 0.318. The Kier molecular flexibility index (Phi) is 5.24. The van der Waals surface area contributed by atoms with Gasteiger partial charge in [-0.15, -0.1) is 0 Å². The van der Waals surface area contributed by atoms with Crippen molar-refractivity contribution in [3.63, 3.8) is 0 Å². The van der Waals surface area contributed by atoms with Crippen LogP contribution in [0.4, 0.5) is 8.78 Å². The van der Waals surface area contributed by atoms with Gasteiger partial charge in [-0.05, 0) is 31.2 Å². The molecular weight excluding hydrogens is 378 g/mol. The zero-order chi connectivity index (χ0) is 20.5. The molecule has 4 rings (SSSR count). The van der Waals surface area contributed by atoms with Crippen LogP contribution in [0.5, 0.6) is 5.75 Å². The molecule has 0 saturated carbocycles. The van der Waals surface area contributed by atoms with Crippen LogP contribution in [0.25, 0.3) is 11.0 Å². The van der Waals surface area contributed by atoms with Gasteiger partial charge in [0.15, 0.2) is 17.2 Å². The number of aryl methyl sites for hydroxylation is 1. The Labute approximate surface area is 167 Å². The number of furan rings is 1. The standard InChI is InChI=1S/C22H22F2N2O3/c1-14-17-4-3-5-18(24)21(17)29-20(14)22(27)26-10-8-25(9-11-26)13-15-12-16(23)6-7-19(15)28-2/h3-7,12H,8-11,13H2,1-2H3. The lowest BCUT2D eigenvalue weighted by Crippen LogP contribution is -2.48. The summed E-state index contributed by atoms with van der Waals surface area (Å²) in [5, 5.41) is 0.616. The predicted octanol–water partition coefficient (Wildman–Crippen LogP) is 3.99. The molecule has 1 saturated heterocycles. The van der Waals surface area contributed by atoms with Crippen LogP contribution in [0.3, 0.4) is 0 Å². The van der Waals surface area contributed by atoms with E-state index in [1.807, 2.05) is 0 Å². The second-order valence-electron chi connectivity index (χ2n) is 7.20. The highest BCUT2D eigenvalue weighted by molar-refractivity contribution is 5.99. The van der Waals surface area contributed by atoms with E-state index in [-0.39, 0.29) is 23.1 Å². The maximum absolute atomic E-state index is 14.0. The van der Waals surface area contributed by atoms with Crippen LogP contribution < -0.4 is 4.74 Å². The average molecular weight is 400 g/mol. The summed E-state index contributed by atoms with van der Waals surface area (Å²) in [7, 11) is 1.56. The third-order valence-corrected chi connectivity index (χ3v) is 5.41. The SMILES string of the molecule is COc1ccc(F)cc1CN1CCN(C(=O)c2oc3c(F)cccc3c2C)CC1. The number of para-hydroxylation sites is 1. The number of halogens is 2. The van der Waals surface area contributed by atoms with E-state index in [0.29, 0.717) is 49.4 Å². The number of carbonyl (C=O) groups is 1. The molecule has 0 radical (unpaired) electrons. The van der Waals surface area contributed by atoms with Gasteiger partial charge in [0, 0.05) is 49.2 Å². The fourth-order valence-corrected chi connectivity index (χ4v) is 3.78. The van der Waals surface area contributed by atoms with Crippen molar-refractivity contribution in [3.05, 3.63) is 64.9 Å². The van der Waals surface area contributed by atoms with E-state index >= 15 is 0 Å². The van der Waals surface area contributed by atoms with Gasteiger partial charge in [-0.3, -0.25) is 9.69 Å². The van der Waals surface area contributed by atoms with Crippen molar-refractivity contribution >= 4 is 16.9 Å². The van der Waals surface area contributed by atoms with Crippen molar-refractivity contribution < 1.29 is 22.7 Å². The number of fused-ring (bicyclic) bond motifs is 1. The summed E-state index contributed by atoms with van der Waals surface area (Å²) in [5.74, 6) is -0.183. The molecule has 0 bridgehead atoms. The molecule has 0 spiro atoms. The number of nitrogens with zero attached hydrogens (tertiary/aromatic N) is 2. The van der Waals surface area contributed by atoms with E-state index in [4.69, 9.17) is 9.15 Å². The zero-order valence-electron chi connectivity index (χ0n) is 16.4. The number of rotatable bonds is 4. The van der Waals surface area contributed by atoms with Crippen molar-refractivity contribution in [2.45, 2.75) is 13.5 Å². The summed E-state index contributed by atoms with van der Waals surface area (Å²) >= 11 is 0. The number of hydrogen-bond acceptors (Lipinski definition) is 4. The number of hydrogen-bond donors (Lipinski definition) is 0. The Morgan fingerprint density at radius 3 is 2.59 bits per heavy atom. The molecule has 1 aliphatic heterocycles. The number of piperazine rings is 1. The van der Waals surface area contributed by atoms with Crippen LogP contribution in [-0.2, 0) is 6.54 Å². The lowest BCUT2D eigenvalue weighted by molar-refractivity contribution is 0.0598. The molecule has 1 aliphatic rings. The molecule has 0 atom stereocenters. The topological polar surface area (TPSA) is 45.9 Å². The van der Waals surface area contributed by atoms with Crippen molar-refractivity contribution in [2.24, 2.45) is 0 Å². The minimum absolute atomic E-state index is 0.116. The van der Waals surface area contributed by atoms with Crippen LogP contribution in [0.15, 0.2) is 40.8 Å². The molecule has 0 N–H and O–H groups in total. The third-order valence-electron chi connectivity index (χ3n) is 5.41. The summed E-state index contributed by atoms with van der Waals surface area (Å²) < 4.78 is 38.4. The van der Waals surface area contributed by atoms with Gasteiger partial charge < -0.3 is 14.1 Å². The highest BCUT2D eigenvalue weighted by Gasteiger charge is 2.27. The Bertz CT molecular complexity index is 1060. The first kappa shape index (κ1) is 19.4. The second kappa shape index (κ2) is 7.83. The molecule has 3 aromatic rings. The minimum Gasteiger partial charge on any atom is -0.496 e. The number of ether oxygens (including phenoxy) is 1. The van der Waals surface area contributed by atoms with Crippen LogP contribution in [0.1, 0.15) is 21.7 Å². The Balaban J connectivity index is 1.45. The van der Waals surface area contributed by atoms with Gasteiger partial charge in [0.05, 0.1) is 7.11 Å². The minimum atomic E-state index is -0.474. The molecule has 7 heteroatoms. The fourth-order valence-electron chi connectivity index (χ4n) is 3.78. The third kappa shape index (κ3) is 3.70. The maximum Gasteiger partial charge on any atom is 0.289 e. The Morgan fingerprint density at radius 2 is 1.90 bits per heavy atom. The van der Waals surface area contributed by atoms with E-state index in [1.54, 1.807) is 37.1 Å². The normalized spacial score (nSPS) is 15.1. The van der Waals surface area contributed by atoms with Crippen molar-refractivity contribution in [1.29, 1.82) is 0 Å². The van der Waals surface area contributed by atoms with Crippen molar-refractivity contribution in [2.75, 3.05) is 33.3 Å². The summed E-state index contributed by atoms with van der Waals surface area (Å²) in [6.07, 6.45) is 0. The Hall–Kier alpha value is -2.93. The highest BCUT2D eigenvalue weighted by Crippen LogP contribution is 2.28. The number of benzene rings is 2. The number of carbonyl (C=O) groups excluding carboxylic acids is 1. The first-order valence-corrected chi connectivity index (χ1v) is 9.49. The van der Waals surface area contributed by atoms with Gasteiger partial charge in [0.25, 0.3) is 5.91 Å². The molecule has 5 nitrogen and oxygen atoms in total. The van der Waals surface area contributed by atoms with Crippen molar-refractivity contribution in [1.82, 2.24) is 9.80 Å². The predicted molar refractivity (Wildman–Crippen MR) is 105 cm³/mol. The zero-order valence-corrected chi connectivity index (χ0v) is 16.4. The largest absolute Gasteiger partial charge is 0.496 e. The van der Waals surface area contributed by atoms with Gasteiger partial charge >= 0.3 is 0 Å². The second-order valence-corrected chi connectivity index (χ2v) is 7.20. The summed E-state index contributed by atoms with van der Waals surface area (Å²) in [6.45, 7) is 4.60. The highest BCUT2D eigenvalue weighted by atomic mass is 19.1. The first-order chi connectivity index (χ1) is 14.0. The molecule has 1 fully saturated rings. The maximum atomic E-state index is 14.0. The number of methoxy groups -OCH3 is 1. The molecular formula is C22H22F2N2O3. The van der Waals surface area contributed by atoms with Crippen LogP contribution in [-0.4, -0.2) is 49.0 Å². The quantitative estimate of drug-likeness (QED) is 0.665. The lowest BCUT2D eigenvalue weighted by Gasteiger charge is -2.34.